The standard InChI is InChI=1S/C22H21NO6/c1-3-14-5-7-15(8-6-14)21(25)28-13-16-11-20(24)29-19-12-17(9-10-18(16)19)23-22(26)27-4-2/h5-12H,3-4,13H2,1-2H3,(H,23,26). The van der Waals surface area contributed by atoms with E-state index in [-0.39, 0.29) is 18.8 Å². The third-order valence-electron chi connectivity index (χ3n) is 4.31. The summed E-state index contributed by atoms with van der Waals surface area (Å²) in [6.07, 6.45) is 0.280. The summed E-state index contributed by atoms with van der Waals surface area (Å²) >= 11 is 0. The van der Waals surface area contributed by atoms with Gasteiger partial charge in [0.15, 0.2) is 0 Å². The van der Waals surface area contributed by atoms with Gasteiger partial charge >= 0.3 is 17.7 Å². The van der Waals surface area contributed by atoms with Gasteiger partial charge in [0.2, 0.25) is 0 Å². The highest BCUT2D eigenvalue weighted by Gasteiger charge is 2.12. The molecule has 0 fully saturated rings. The van der Waals surface area contributed by atoms with E-state index in [2.05, 4.69) is 5.32 Å². The Morgan fingerprint density at radius 3 is 2.45 bits per heavy atom. The van der Waals surface area contributed by atoms with Gasteiger partial charge in [-0.25, -0.2) is 14.4 Å². The zero-order valence-corrected chi connectivity index (χ0v) is 16.2. The topological polar surface area (TPSA) is 94.8 Å². The summed E-state index contributed by atoms with van der Waals surface area (Å²) in [6.45, 7) is 3.89. The summed E-state index contributed by atoms with van der Waals surface area (Å²) in [6, 6.07) is 13.3. The van der Waals surface area contributed by atoms with Crippen LogP contribution in [0.15, 0.2) is 57.7 Å². The molecule has 7 heteroatoms. The van der Waals surface area contributed by atoms with Gasteiger partial charge < -0.3 is 13.9 Å². The minimum atomic E-state index is -0.603. The minimum Gasteiger partial charge on any atom is -0.457 e. The van der Waals surface area contributed by atoms with E-state index in [1.807, 2.05) is 19.1 Å². The van der Waals surface area contributed by atoms with Gasteiger partial charge in [-0.2, -0.15) is 0 Å². The van der Waals surface area contributed by atoms with Crippen LogP contribution in [0.1, 0.15) is 35.3 Å². The molecule has 0 spiro atoms. The molecular weight excluding hydrogens is 374 g/mol. The molecule has 0 atom stereocenters. The Morgan fingerprint density at radius 1 is 1.00 bits per heavy atom. The maximum Gasteiger partial charge on any atom is 0.411 e. The van der Waals surface area contributed by atoms with Crippen LogP contribution in [-0.2, 0) is 22.5 Å². The molecule has 2 aromatic carbocycles. The molecule has 0 unspecified atom stereocenters. The van der Waals surface area contributed by atoms with Gasteiger partial charge in [-0.05, 0) is 43.2 Å². The van der Waals surface area contributed by atoms with Crippen molar-refractivity contribution < 1.29 is 23.5 Å². The number of esters is 1. The average molecular weight is 395 g/mol. The SMILES string of the molecule is CCOC(=O)Nc1ccc2c(COC(=O)c3ccc(CC)cc3)cc(=O)oc2c1. The summed E-state index contributed by atoms with van der Waals surface area (Å²) in [5, 5.41) is 3.15. The number of benzene rings is 2. The normalized spacial score (nSPS) is 10.6. The van der Waals surface area contributed by atoms with Gasteiger partial charge in [0.25, 0.3) is 0 Å². The molecule has 0 bridgehead atoms. The van der Waals surface area contributed by atoms with Crippen LogP contribution in [-0.4, -0.2) is 18.7 Å². The molecule has 3 aromatic rings. The Morgan fingerprint density at radius 2 is 1.76 bits per heavy atom. The van der Waals surface area contributed by atoms with Crippen LogP contribution >= 0.6 is 0 Å². The van der Waals surface area contributed by atoms with E-state index in [1.165, 1.54) is 12.1 Å². The van der Waals surface area contributed by atoms with Crippen LogP contribution < -0.4 is 10.9 Å². The largest absolute Gasteiger partial charge is 0.457 e. The molecule has 7 nitrogen and oxygen atoms in total. The number of amides is 1. The fourth-order valence-electron chi connectivity index (χ4n) is 2.82. The van der Waals surface area contributed by atoms with E-state index in [1.54, 1.807) is 31.2 Å². The summed E-state index contributed by atoms with van der Waals surface area (Å²) in [4.78, 5) is 35.7. The third-order valence-corrected chi connectivity index (χ3v) is 4.31. The lowest BCUT2D eigenvalue weighted by Gasteiger charge is -2.09. The number of nitrogens with one attached hydrogen (secondary N) is 1. The van der Waals surface area contributed by atoms with E-state index < -0.39 is 17.7 Å². The van der Waals surface area contributed by atoms with Gasteiger partial charge in [0.05, 0.1) is 12.2 Å². The van der Waals surface area contributed by atoms with Crippen molar-refractivity contribution in [1.82, 2.24) is 0 Å². The fraction of sp³-hybridized carbons (Fsp3) is 0.227. The van der Waals surface area contributed by atoms with E-state index in [0.29, 0.717) is 22.2 Å². The number of fused-ring (bicyclic) bond motifs is 1. The van der Waals surface area contributed by atoms with Gasteiger partial charge in [0.1, 0.15) is 12.2 Å². The summed E-state index contributed by atoms with van der Waals surface area (Å²) < 4.78 is 15.4. The van der Waals surface area contributed by atoms with Crippen molar-refractivity contribution >= 4 is 28.7 Å². The lowest BCUT2D eigenvalue weighted by atomic mass is 10.1. The molecule has 0 aliphatic heterocycles. The average Bonchev–Trinajstić information content (AvgIpc) is 2.71. The van der Waals surface area contributed by atoms with E-state index in [9.17, 15) is 14.4 Å². The molecule has 0 saturated carbocycles. The lowest BCUT2D eigenvalue weighted by Crippen LogP contribution is -2.13. The number of ether oxygens (including phenoxy) is 2. The van der Waals surface area contributed by atoms with Crippen molar-refractivity contribution in [2.45, 2.75) is 26.9 Å². The first-order valence-electron chi connectivity index (χ1n) is 9.26. The second-order valence-electron chi connectivity index (χ2n) is 6.27. The molecule has 3 rings (SSSR count). The first kappa shape index (κ1) is 20.1. The molecule has 0 radical (unpaired) electrons. The van der Waals surface area contributed by atoms with Crippen molar-refractivity contribution in [1.29, 1.82) is 0 Å². The zero-order chi connectivity index (χ0) is 20.8. The summed E-state index contributed by atoms with van der Waals surface area (Å²) in [5.41, 5.74) is 2.19. The molecular formula is C22H21NO6. The molecule has 29 heavy (non-hydrogen) atoms. The summed E-state index contributed by atoms with van der Waals surface area (Å²) in [5.74, 6) is -0.477. The van der Waals surface area contributed by atoms with Crippen molar-refractivity contribution in [3.05, 3.63) is 75.6 Å². The fourth-order valence-corrected chi connectivity index (χ4v) is 2.82. The number of hydrogen-bond donors (Lipinski definition) is 1. The lowest BCUT2D eigenvalue weighted by molar-refractivity contribution is 0.0473. The smallest absolute Gasteiger partial charge is 0.411 e. The Labute approximate surface area is 167 Å². The van der Waals surface area contributed by atoms with Gasteiger partial charge in [-0.15, -0.1) is 0 Å². The highest BCUT2D eigenvalue weighted by atomic mass is 16.5. The van der Waals surface area contributed by atoms with Gasteiger partial charge in [-0.1, -0.05) is 19.1 Å². The van der Waals surface area contributed by atoms with Crippen molar-refractivity contribution in [2.24, 2.45) is 0 Å². The second kappa shape index (κ2) is 9.05. The van der Waals surface area contributed by atoms with Gasteiger partial charge in [-0.3, -0.25) is 5.32 Å². The molecule has 0 saturated heterocycles. The number of anilines is 1. The van der Waals surface area contributed by atoms with E-state index in [4.69, 9.17) is 13.9 Å². The van der Waals surface area contributed by atoms with Crippen LogP contribution in [0, 0.1) is 0 Å². The Bertz CT molecular complexity index is 1080. The molecule has 1 aromatic heterocycles. The molecule has 150 valence electrons. The Hall–Kier alpha value is -3.61. The molecule has 1 amide bonds. The van der Waals surface area contributed by atoms with E-state index >= 15 is 0 Å². The van der Waals surface area contributed by atoms with E-state index in [0.717, 1.165) is 12.0 Å². The number of aryl methyl sites for hydroxylation is 1. The number of carbonyl (C=O) groups is 2. The predicted molar refractivity (Wildman–Crippen MR) is 108 cm³/mol. The first-order valence-corrected chi connectivity index (χ1v) is 9.26. The number of rotatable bonds is 6. The van der Waals surface area contributed by atoms with Crippen molar-refractivity contribution in [3.8, 4) is 0 Å². The van der Waals surface area contributed by atoms with Crippen LogP contribution in [0.25, 0.3) is 11.0 Å². The molecule has 0 aliphatic carbocycles. The quantitative estimate of drug-likeness (QED) is 0.494. The highest BCUT2D eigenvalue weighted by Crippen LogP contribution is 2.22. The van der Waals surface area contributed by atoms with Crippen molar-refractivity contribution in [2.75, 3.05) is 11.9 Å². The van der Waals surface area contributed by atoms with Crippen LogP contribution in [0.5, 0.6) is 0 Å². The van der Waals surface area contributed by atoms with Gasteiger partial charge in [0, 0.05) is 28.8 Å². The predicted octanol–water partition coefficient (Wildman–Crippen LogP) is 4.28. The first-order chi connectivity index (χ1) is 14.0. The summed E-state index contributed by atoms with van der Waals surface area (Å²) in [7, 11) is 0. The van der Waals surface area contributed by atoms with Crippen LogP contribution in [0.4, 0.5) is 10.5 Å². The number of hydrogen-bond acceptors (Lipinski definition) is 6. The minimum absolute atomic E-state index is 0.0822. The zero-order valence-electron chi connectivity index (χ0n) is 16.2. The highest BCUT2D eigenvalue weighted by molar-refractivity contribution is 5.91. The molecule has 0 aliphatic rings. The monoisotopic (exact) mass is 395 g/mol. The second-order valence-corrected chi connectivity index (χ2v) is 6.27. The Balaban J connectivity index is 1.78. The third kappa shape index (κ3) is 5.01. The van der Waals surface area contributed by atoms with Crippen LogP contribution in [0.3, 0.4) is 0 Å². The molecule has 1 N–H and O–H groups in total. The molecule has 1 heterocycles. The maximum absolute atomic E-state index is 12.3. The maximum atomic E-state index is 12.3. The van der Waals surface area contributed by atoms with Crippen molar-refractivity contribution in [3.63, 3.8) is 0 Å². The number of carbonyl (C=O) groups excluding carboxylic acids is 2. The van der Waals surface area contributed by atoms with Crippen LogP contribution in [0.2, 0.25) is 0 Å². The Kier molecular flexibility index (Phi) is 6.29.